The van der Waals surface area contributed by atoms with Gasteiger partial charge in [-0.05, 0) is 12.8 Å². The smallest absolute Gasteiger partial charge is 0.303 e. The zero-order valence-corrected chi connectivity index (χ0v) is 7.45. The molecule has 0 aromatic carbocycles. The Morgan fingerprint density at radius 3 is 3.08 bits per heavy atom. The third-order valence-electron chi connectivity index (χ3n) is 2.20. The lowest BCUT2D eigenvalue weighted by Gasteiger charge is -2.21. The topological polar surface area (TPSA) is 55.6 Å². The van der Waals surface area contributed by atoms with Crippen molar-refractivity contribution in [3.8, 4) is 0 Å². The molecule has 0 radical (unpaired) electrons. The maximum absolute atomic E-state index is 10.5. The number of ether oxygens (including phenoxy) is 1. The number of esters is 1. The predicted octanol–water partition coefficient (Wildman–Crippen LogP) is -0.0699. The minimum Gasteiger partial charge on any atom is -0.450 e. The summed E-state index contributed by atoms with van der Waals surface area (Å²) in [5.41, 5.74) is 5.55. The molecule has 0 aromatic rings. The molecule has 1 aliphatic rings. The van der Waals surface area contributed by atoms with Crippen LogP contribution < -0.4 is 5.73 Å². The van der Waals surface area contributed by atoms with Gasteiger partial charge in [0.1, 0.15) is 6.73 Å². The summed E-state index contributed by atoms with van der Waals surface area (Å²) in [6.07, 6.45) is 2.28. The van der Waals surface area contributed by atoms with Crippen LogP contribution in [0.15, 0.2) is 0 Å². The molecule has 0 aromatic heterocycles. The van der Waals surface area contributed by atoms with Crippen LogP contribution in [-0.2, 0) is 9.53 Å². The first kappa shape index (κ1) is 9.48. The molecule has 1 fully saturated rings. The van der Waals surface area contributed by atoms with Gasteiger partial charge in [-0.15, -0.1) is 0 Å². The number of nitrogens with zero attached hydrogens (tertiary/aromatic N) is 1. The van der Waals surface area contributed by atoms with Crippen LogP contribution in [0, 0.1) is 0 Å². The highest BCUT2D eigenvalue weighted by molar-refractivity contribution is 5.65. The van der Waals surface area contributed by atoms with E-state index in [1.807, 2.05) is 0 Å². The quantitative estimate of drug-likeness (QED) is 0.605. The maximum atomic E-state index is 10.5. The summed E-state index contributed by atoms with van der Waals surface area (Å²) in [5.74, 6) is -0.224. The second kappa shape index (κ2) is 4.42. The standard InChI is InChI=1S/C8H16N2O2/c1-7(11)12-6-10-4-2-3-8(10)5-9/h8H,2-6,9H2,1H3/t8-/m0/s1. The average Bonchev–Trinajstić information content (AvgIpc) is 2.47. The number of carbonyl (C=O) groups excluding carboxylic acids is 1. The summed E-state index contributed by atoms with van der Waals surface area (Å²) in [5, 5.41) is 0. The van der Waals surface area contributed by atoms with Gasteiger partial charge in [0.05, 0.1) is 0 Å². The summed E-state index contributed by atoms with van der Waals surface area (Å²) in [7, 11) is 0. The van der Waals surface area contributed by atoms with E-state index in [-0.39, 0.29) is 5.97 Å². The first-order valence-electron chi connectivity index (χ1n) is 4.31. The second-order valence-electron chi connectivity index (χ2n) is 3.11. The molecular formula is C8H16N2O2. The zero-order chi connectivity index (χ0) is 8.97. The van der Waals surface area contributed by atoms with Crippen LogP contribution in [0.25, 0.3) is 0 Å². The Bertz CT molecular complexity index is 161. The number of rotatable bonds is 3. The van der Waals surface area contributed by atoms with Crippen molar-refractivity contribution in [1.29, 1.82) is 0 Å². The van der Waals surface area contributed by atoms with Gasteiger partial charge in [-0.3, -0.25) is 9.69 Å². The van der Waals surface area contributed by atoms with Crippen LogP contribution in [0.1, 0.15) is 19.8 Å². The fraction of sp³-hybridized carbons (Fsp3) is 0.875. The molecule has 4 heteroatoms. The fourth-order valence-electron chi connectivity index (χ4n) is 1.51. The molecule has 70 valence electrons. The number of hydrogen-bond acceptors (Lipinski definition) is 4. The molecule has 1 heterocycles. The molecule has 0 spiro atoms. The number of nitrogens with two attached hydrogens (primary N) is 1. The number of carbonyl (C=O) groups is 1. The molecule has 1 rings (SSSR count). The van der Waals surface area contributed by atoms with Crippen LogP contribution in [0.3, 0.4) is 0 Å². The summed E-state index contributed by atoms with van der Waals surface area (Å²) in [6.45, 7) is 3.47. The van der Waals surface area contributed by atoms with Crippen LogP contribution in [0.4, 0.5) is 0 Å². The maximum Gasteiger partial charge on any atom is 0.303 e. The van der Waals surface area contributed by atoms with Gasteiger partial charge in [0.2, 0.25) is 0 Å². The Labute approximate surface area is 72.7 Å². The van der Waals surface area contributed by atoms with Gasteiger partial charge in [-0.2, -0.15) is 0 Å². The summed E-state index contributed by atoms with van der Waals surface area (Å²) < 4.78 is 4.89. The van der Waals surface area contributed by atoms with Crippen LogP contribution in [0.2, 0.25) is 0 Å². The summed E-state index contributed by atoms with van der Waals surface area (Å²) in [6, 6.07) is 0.407. The molecule has 12 heavy (non-hydrogen) atoms. The number of hydrogen-bond donors (Lipinski definition) is 1. The van der Waals surface area contributed by atoms with Crippen molar-refractivity contribution in [2.24, 2.45) is 5.73 Å². The van der Waals surface area contributed by atoms with Crippen LogP contribution >= 0.6 is 0 Å². The average molecular weight is 172 g/mol. The monoisotopic (exact) mass is 172 g/mol. The lowest BCUT2D eigenvalue weighted by atomic mass is 10.2. The van der Waals surface area contributed by atoms with Gasteiger partial charge >= 0.3 is 5.97 Å². The highest BCUT2D eigenvalue weighted by Gasteiger charge is 2.23. The predicted molar refractivity (Wildman–Crippen MR) is 45.4 cm³/mol. The summed E-state index contributed by atoms with van der Waals surface area (Å²) >= 11 is 0. The molecule has 4 nitrogen and oxygen atoms in total. The van der Waals surface area contributed by atoms with Crippen molar-refractivity contribution in [2.45, 2.75) is 25.8 Å². The molecule has 0 saturated carbocycles. The van der Waals surface area contributed by atoms with Crippen molar-refractivity contribution in [3.05, 3.63) is 0 Å². The molecule has 1 aliphatic heterocycles. The van der Waals surface area contributed by atoms with E-state index in [4.69, 9.17) is 10.5 Å². The Hall–Kier alpha value is -0.610. The van der Waals surface area contributed by atoms with E-state index in [1.165, 1.54) is 6.92 Å². The van der Waals surface area contributed by atoms with Crippen molar-refractivity contribution in [2.75, 3.05) is 19.8 Å². The molecule has 1 atom stereocenters. The lowest BCUT2D eigenvalue weighted by molar-refractivity contribution is -0.146. The first-order chi connectivity index (χ1) is 5.74. The SMILES string of the molecule is CC(=O)OCN1CCC[C@H]1CN. The largest absolute Gasteiger partial charge is 0.450 e. The fourth-order valence-corrected chi connectivity index (χ4v) is 1.51. The Morgan fingerprint density at radius 2 is 2.50 bits per heavy atom. The molecule has 2 N–H and O–H groups in total. The van der Waals surface area contributed by atoms with Crippen molar-refractivity contribution >= 4 is 5.97 Å². The van der Waals surface area contributed by atoms with Crippen LogP contribution in [-0.4, -0.2) is 36.7 Å². The molecule has 0 aliphatic carbocycles. The van der Waals surface area contributed by atoms with Gasteiger partial charge in [0, 0.05) is 26.1 Å². The highest BCUT2D eigenvalue weighted by atomic mass is 16.5. The van der Waals surface area contributed by atoms with E-state index in [0.29, 0.717) is 19.3 Å². The lowest BCUT2D eigenvalue weighted by Crippen LogP contribution is -2.37. The first-order valence-corrected chi connectivity index (χ1v) is 4.31. The van der Waals surface area contributed by atoms with E-state index in [9.17, 15) is 4.79 Å². The molecule has 0 unspecified atom stereocenters. The minimum atomic E-state index is -0.224. The Balaban J connectivity index is 2.26. The second-order valence-corrected chi connectivity index (χ2v) is 3.11. The van der Waals surface area contributed by atoms with Crippen molar-refractivity contribution < 1.29 is 9.53 Å². The molecule has 0 amide bonds. The van der Waals surface area contributed by atoms with Gasteiger partial charge in [0.15, 0.2) is 0 Å². The van der Waals surface area contributed by atoms with E-state index in [2.05, 4.69) is 4.90 Å². The van der Waals surface area contributed by atoms with E-state index in [1.54, 1.807) is 0 Å². The van der Waals surface area contributed by atoms with Crippen LogP contribution in [0.5, 0.6) is 0 Å². The molecule has 1 saturated heterocycles. The van der Waals surface area contributed by atoms with Gasteiger partial charge in [0.25, 0.3) is 0 Å². The number of likely N-dealkylation sites (tertiary alicyclic amines) is 1. The molecular weight excluding hydrogens is 156 g/mol. The normalized spacial score (nSPS) is 24.3. The van der Waals surface area contributed by atoms with E-state index in [0.717, 1.165) is 19.4 Å². The highest BCUT2D eigenvalue weighted by Crippen LogP contribution is 2.15. The van der Waals surface area contributed by atoms with E-state index < -0.39 is 0 Å². The summed E-state index contributed by atoms with van der Waals surface area (Å²) in [4.78, 5) is 12.6. The molecule has 0 bridgehead atoms. The Kier molecular flexibility index (Phi) is 3.49. The van der Waals surface area contributed by atoms with Gasteiger partial charge < -0.3 is 10.5 Å². The zero-order valence-electron chi connectivity index (χ0n) is 7.45. The van der Waals surface area contributed by atoms with Gasteiger partial charge in [-0.25, -0.2) is 0 Å². The van der Waals surface area contributed by atoms with Crippen molar-refractivity contribution in [3.63, 3.8) is 0 Å². The van der Waals surface area contributed by atoms with Gasteiger partial charge in [-0.1, -0.05) is 0 Å². The third-order valence-corrected chi connectivity index (χ3v) is 2.20. The third kappa shape index (κ3) is 2.46. The Morgan fingerprint density at radius 1 is 1.75 bits per heavy atom. The van der Waals surface area contributed by atoms with E-state index >= 15 is 0 Å². The van der Waals surface area contributed by atoms with Crippen molar-refractivity contribution in [1.82, 2.24) is 4.90 Å². The minimum absolute atomic E-state index is 0.224.